The van der Waals surface area contributed by atoms with Gasteiger partial charge in [0.1, 0.15) is 12.1 Å². The Morgan fingerprint density at radius 2 is 1.95 bits per heavy atom. The summed E-state index contributed by atoms with van der Waals surface area (Å²) in [6.07, 6.45) is 2.69. The first-order valence-corrected chi connectivity index (χ1v) is 6.76. The van der Waals surface area contributed by atoms with Gasteiger partial charge in [0.05, 0.1) is 0 Å². The van der Waals surface area contributed by atoms with Gasteiger partial charge in [-0.25, -0.2) is 9.97 Å². The molecule has 2 rings (SSSR count). The van der Waals surface area contributed by atoms with Crippen LogP contribution in [0.1, 0.15) is 37.9 Å². The van der Waals surface area contributed by atoms with Gasteiger partial charge in [-0.1, -0.05) is 32.9 Å². The normalized spacial score (nSPS) is 10.8. The minimum absolute atomic E-state index is 0.414. The van der Waals surface area contributed by atoms with Crippen molar-refractivity contribution in [2.24, 2.45) is 0 Å². The maximum Gasteiger partial charge on any atom is 0.136 e. The fourth-order valence-corrected chi connectivity index (χ4v) is 1.98. The molecular formula is C16H21N3. The second kappa shape index (κ2) is 5.83. The van der Waals surface area contributed by atoms with Crippen LogP contribution in [0.25, 0.3) is 0 Å². The third-order valence-corrected chi connectivity index (χ3v) is 3.32. The lowest BCUT2D eigenvalue weighted by atomic mass is 10.1. The van der Waals surface area contributed by atoms with E-state index in [1.54, 1.807) is 6.33 Å². The van der Waals surface area contributed by atoms with Gasteiger partial charge in [0.15, 0.2) is 0 Å². The molecule has 0 saturated carbocycles. The number of nitrogens with zero attached hydrogens (tertiary/aromatic N) is 3. The first-order chi connectivity index (χ1) is 9.11. The molecule has 0 N–H and O–H groups in total. The van der Waals surface area contributed by atoms with E-state index in [0.717, 1.165) is 23.6 Å². The molecule has 1 heterocycles. The van der Waals surface area contributed by atoms with Crippen molar-refractivity contribution in [3.8, 4) is 0 Å². The largest absolute Gasteiger partial charge is 0.329 e. The van der Waals surface area contributed by atoms with Crippen molar-refractivity contribution in [3.63, 3.8) is 0 Å². The van der Waals surface area contributed by atoms with Crippen molar-refractivity contribution in [1.29, 1.82) is 0 Å². The third-order valence-electron chi connectivity index (χ3n) is 3.32. The van der Waals surface area contributed by atoms with Gasteiger partial charge in [0, 0.05) is 24.5 Å². The van der Waals surface area contributed by atoms with Crippen LogP contribution in [0.3, 0.4) is 0 Å². The Bertz CT molecular complexity index is 549. The number of hydrogen-bond donors (Lipinski definition) is 0. The topological polar surface area (TPSA) is 29.0 Å². The molecule has 0 radical (unpaired) electrons. The molecule has 0 amide bonds. The van der Waals surface area contributed by atoms with Crippen molar-refractivity contribution >= 4 is 11.5 Å². The highest BCUT2D eigenvalue weighted by molar-refractivity contribution is 5.60. The molecule has 19 heavy (non-hydrogen) atoms. The third kappa shape index (κ3) is 3.11. The Morgan fingerprint density at radius 3 is 2.63 bits per heavy atom. The van der Waals surface area contributed by atoms with Crippen LogP contribution in [-0.2, 0) is 6.42 Å². The molecule has 0 saturated heterocycles. The van der Waals surface area contributed by atoms with E-state index in [2.05, 4.69) is 66.0 Å². The molecule has 0 bridgehead atoms. The number of aryl methyl sites for hydroxylation is 1. The predicted octanol–water partition coefficient (Wildman–Crippen LogP) is 3.93. The van der Waals surface area contributed by atoms with Crippen molar-refractivity contribution < 1.29 is 0 Å². The van der Waals surface area contributed by atoms with E-state index >= 15 is 0 Å². The fraction of sp³-hybridized carbons (Fsp3) is 0.375. The summed E-state index contributed by atoms with van der Waals surface area (Å²) in [5.74, 6) is 1.35. The smallest absolute Gasteiger partial charge is 0.136 e. The fourth-order valence-electron chi connectivity index (χ4n) is 1.98. The Balaban J connectivity index is 2.32. The van der Waals surface area contributed by atoms with Crippen LogP contribution in [0.5, 0.6) is 0 Å². The SMILES string of the molecule is CCc1cccc(N(C)c2cc(C(C)C)ncn2)c1. The summed E-state index contributed by atoms with van der Waals surface area (Å²) in [7, 11) is 2.04. The molecule has 3 heteroatoms. The zero-order valence-electron chi connectivity index (χ0n) is 12.1. The quantitative estimate of drug-likeness (QED) is 0.829. The van der Waals surface area contributed by atoms with Gasteiger partial charge >= 0.3 is 0 Å². The minimum Gasteiger partial charge on any atom is -0.329 e. The first-order valence-electron chi connectivity index (χ1n) is 6.76. The molecule has 0 spiro atoms. The van der Waals surface area contributed by atoms with Crippen LogP contribution >= 0.6 is 0 Å². The summed E-state index contributed by atoms with van der Waals surface area (Å²) in [5, 5.41) is 0. The minimum atomic E-state index is 0.414. The second-order valence-electron chi connectivity index (χ2n) is 5.04. The zero-order valence-corrected chi connectivity index (χ0v) is 12.1. The Labute approximate surface area is 115 Å². The Kier molecular flexibility index (Phi) is 4.15. The van der Waals surface area contributed by atoms with Gasteiger partial charge in [-0.2, -0.15) is 0 Å². The first kappa shape index (κ1) is 13.5. The van der Waals surface area contributed by atoms with Crippen LogP contribution in [-0.4, -0.2) is 17.0 Å². The van der Waals surface area contributed by atoms with Gasteiger partial charge in [-0.05, 0) is 30.0 Å². The summed E-state index contributed by atoms with van der Waals surface area (Å²) in [5.41, 5.74) is 3.57. The average Bonchev–Trinajstić information content (AvgIpc) is 2.46. The van der Waals surface area contributed by atoms with Crippen LogP contribution in [0.2, 0.25) is 0 Å². The van der Waals surface area contributed by atoms with E-state index in [-0.39, 0.29) is 0 Å². The molecule has 0 aliphatic heterocycles. The highest BCUT2D eigenvalue weighted by atomic mass is 15.2. The Hall–Kier alpha value is -1.90. The standard InChI is InChI=1S/C16H21N3/c1-5-13-7-6-8-14(9-13)19(4)16-10-15(12(2)3)17-11-18-16/h6-12H,5H2,1-4H3. The van der Waals surface area contributed by atoms with Crippen molar-refractivity contribution in [3.05, 3.63) is 47.9 Å². The summed E-state index contributed by atoms with van der Waals surface area (Å²) >= 11 is 0. The maximum absolute atomic E-state index is 4.37. The van der Waals surface area contributed by atoms with Crippen LogP contribution in [0.15, 0.2) is 36.7 Å². The molecule has 2 aromatic rings. The Morgan fingerprint density at radius 1 is 1.16 bits per heavy atom. The molecule has 0 fully saturated rings. The predicted molar refractivity (Wildman–Crippen MR) is 80.0 cm³/mol. The monoisotopic (exact) mass is 255 g/mol. The number of anilines is 2. The van der Waals surface area contributed by atoms with Gasteiger partial charge in [0.25, 0.3) is 0 Å². The van der Waals surface area contributed by atoms with Crippen molar-refractivity contribution in [2.75, 3.05) is 11.9 Å². The number of hydrogen-bond acceptors (Lipinski definition) is 3. The van der Waals surface area contributed by atoms with Gasteiger partial charge < -0.3 is 4.90 Å². The number of rotatable bonds is 4. The highest BCUT2D eigenvalue weighted by Crippen LogP contribution is 2.24. The molecular weight excluding hydrogens is 234 g/mol. The molecule has 1 aromatic heterocycles. The molecule has 100 valence electrons. The lowest BCUT2D eigenvalue weighted by Gasteiger charge is -2.19. The molecule has 3 nitrogen and oxygen atoms in total. The van der Waals surface area contributed by atoms with Crippen LogP contribution < -0.4 is 4.90 Å². The average molecular weight is 255 g/mol. The highest BCUT2D eigenvalue weighted by Gasteiger charge is 2.08. The maximum atomic E-state index is 4.37. The summed E-state index contributed by atoms with van der Waals surface area (Å²) in [4.78, 5) is 10.8. The number of benzene rings is 1. The van der Waals surface area contributed by atoms with E-state index in [9.17, 15) is 0 Å². The van der Waals surface area contributed by atoms with E-state index < -0.39 is 0 Å². The lowest BCUT2D eigenvalue weighted by molar-refractivity contribution is 0.812. The molecule has 0 unspecified atom stereocenters. The zero-order chi connectivity index (χ0) is 13.8. The second-order valence-corrected chi connectivity index (χ2v) is 5.04. The van der Waals surface area contributed by atoms with Crippen molar-refractivity contribution in [1.82, 2.24) is 9.97 Å². The van der Waals surface area contributed by atoms with E-state index in [1.807, 2.05) is 7.05 Å². The number of aromatic nitrogens is 2. The van der Waals surface area contributed by atoms with Crippen LogP contribution in [0.4, 0.5) is 11.5 Å². The van der Waals surface area contributed by atoms with E-state index in [0.29, 0.717) is 5.92 Å². The molecule has 0 aliphatic carbocycles. The van der Waals surface area contributed by atoms with Gasteiger partial charge in [0.2, 0.25) is 0 Å². The van der Waals surface area contributed by atoms with Crippen LogP contribution in [0, 0.1) is 0 Å². The summed E-state index contributed by atoms with van der Waals surface area (Å²) in [6, 6.07) is 10.6. The van der Waals surface area contributed by atoms with Gasteiger partial charge in [-0.15, -0.1) is 0 Å². The molecule has 1 aromatic carbocycles. The van der Waals surface area contributed by atoms with E-state index in [1.165, 1.54) is 5.56 Å². The summed E-state index contributed by atoms with van der Waals surface area (Å²) < 4.78 is 0. The summed E-state index contributed by atoms with van der Waals surface area (Å²) in [6.45, 7) is 6.45. The molecule has 0 aliphatic rings. The lowest BCUT2D eigenvalue weighted by Crippen LogP contribution is -2.12. The van der Waals surface area contributed by atoms with E-state index in [4.69, 9.17) is 0 Å². The molecule has 0 atom stereocenters. The van der Waals surface area contributed by atoms with Gasteiger partial charge in [-0.3, -0.25) is 0 Å². The van der Waals surface area contributed by atoms with Crippen molar-refractivity contribution in [2.45, 2.75) is 33.1 Å².